The molecular formula is C13H14Cl2O2S. The van der Waals surface area contributed by atoms with E-state index in [-0.39, 0.29) is 0 Å². The number of thioether (sulfide) groups is 1. The molecule has 0 aliphatic heterocycles. The molecule has 2 nitrogen and oxygen atoms in total. The van der Waals surface area contributed by atoms with Gasteiger partial charge in [-0.15, -0.1) is 11.8 Å². The van der Waals surface area contributed by atoms with E-state index in [9.17, 15) is 9.90 Å². The van der Waals surface area contributed by atoms with E-state index in [1.54, 1.807) is 18.2 Å². The highest BCUT2D eigenvalue weighted by atomic mass is 35.5. The van der Waals surface area contributed by atoms with Crippen LogP contribution < -0.4 is 0 Å². The highest BCUT2D eigenvalue weighted by Crippen LogP contribution is 2.40. The Kier molecular flexibility index (Phi) is 4.82. The fourth-order valence-electron chi connectivity index (χ4n) is 2.17. The van der Waals surface area contributed by atoms with E-state index < -0.39 is 11.2 Å². The van der Waals surface area contributed by atoms with E-state index in [0.717, 1.165) is 12.8 Å². The van der Waals surface area contributed by atoms with Crippen LogP contribution in [-0.4, -0.2) is 16.3 Å². The number of hydrogen-bond donors (Lipinski definition) is 1. The lowest BCUT2D eigenvalue weighted by molar-refractivity contribution is -0.136. The number of aliphatic carboxylic acids is 1. The van der Waals surface area contributed by atoms with Crippen LogP contribution in [0.3, 0.4) is 0 Å². The first-order valence-corrected chi connectivity index (χ1v) is 7.61. The fraction of sp³-hybridized carbons (Fsp3) is 0.462. The van der Waals surface area contributed by atoms with Crippen molar-refractivity contribution < 1.29 is 9.90 Å². The Bertz CT molecular complexity index is 445. The molecule has 2 rings (SSSR count). The van der Waals surface area contributed by atoms with Gasteiger partial charge >= 0.3 is 5.97 Å². The number of carboxylic acid groups (broad SMARTS) is 1. The molecule has 1 aromatic carbocycles. The largest absolute Gasteiger partial charge is 0.480 e. The molecule has 1 aliphatic carbocycles. The average Bonchev–Trinajstić information content (AvgIpc) is 2.82. The Morgan fingerprint density at radius 3 is 2.50 bits per heavy atom. The Balaban J connectivity index is 2.17. The predicted octanol–water partition coefficient (Wildman–Crippen LogP) is 4.79. The molecule has 1 fully saturated rings. The number of carboxylic acids is 1. The van der Waals surface area contributed by atoms with E-state index in [2.05, 4.69) is 0 Å². The fourth-order valence-corrected chi connectivity index (χ4v) is 3.89. The zero-order chi connectivity index (χ0) is 13.1. The topological polar surface area (TPSA) is 37.3 Å². The maximum absolute atomic E-state index is 11.4. The maximum Gasteiger partial charge on any atom is 0.321 e. The summed E-state index contributed by atoms with van der Waals surface area (Å²) < 4.78 is 0. The highest BCUT2D eigenvalue weighted by Gasteiger charge is 2.27. The monoisotopic (exact) mass is 304 g/mol. The molecule has 0 bridgehead atoms. The number of carbonyl (C=O) groups is 1. The maximum atomic E-state index is 11.4. The van der Waals surface area contributed by atoms with Crippen molar-refractivity contribution in [3.63, 3.8) is 0 Å². The Morgan fingerprint density at radius 2 is 1.94 bits per heavy atom. The third-order valence-electron chi connectivity index (χ3n) is 3.10. The van der Waals surface area contributed by atoms with Gasteiger partial charge < -0.3 is 5.11 Å². The van der Waals surface area contributed by atoms with Gasteiger partial charge in [0.25, 0.3) is 0 Å². The molecule has 1 aromatic rings. The van der Waals surface area contributed by atoms with Crippen molar-refractivity contribution in [1.82, 2.24) is 0 Å². The van der Waals surface area contributed by atoms with Crippen molar-refractivity contribution in [3.8, 4) is 0 Å². The first-order chi connectivity index (χ1) is 8.58. The van der Waals surface area contributed by atoms with Crippen molar-refractivity contribution in [2.45, 2.75) is 36.2 Å². The van der Waals surface area contributed by atoms with Crippen molar-refractivity contribution in [2.75, 3.05) is 0 Å². The Labute approximate surface area is 121 Å². The second-order valence-corrected chi connectivity index (χ2v) is 6.66. The molecule has 0 heterocycles. The molecular weight excluding hydrogens is 291 g/mol. The van der Waals surface area contributed by atoms with Gasteiger partial charge in [-0.2, -0.15) is 0 Å². The number of benzene rings is 1. The van der Waals surface area contributed by atoms with Crippen molar-refractivity contribution in [3.05, 3.63) is 33.8 Å². The standard InChI is InChI=1S/C13H14Cl2O2S/c14-10-6-5-8(7-11(10)15)12(13(16)17)18-9-3-1-2-4-9/h5-7,9,12H,1-4H2,(H,16,17)/t12-/m1/s1. The van der Waals surface area contributed by atoms with Crippen LogP contribution in [0.4, 0.5) is 0 Å². The molecule has 1 N–H and O–H groups in total. The second-order valence-electron chi connectivity index (χ2n) is 4.43. The minimum Gasteiger partial charge on any atom is -0.480 e. The zero-order valence-electron chi connectivity index (χ0n) is 9.73. The summed E-state index contributed by atoms with van der Waals surface area (Å²) in [4.78, 5) is 11.4. The Hall–Kier alpha value is -0.380. The summed E-state index contributed by atoms with van der Waals surface area (Å²) in [6.07, 6.45) is 4.61. The van der Waals surface area contributed by atoms with Crippen LogP contribution in [0.15, 0.2) is 18.2 Å². The van der Waals surface area contributed by atoms with Gasteiger partial charge in [0.2, 0.25) is 0 Å². The number of hydrogen-bond acceptors (Lipinski definition) is 2. The van der Waals surface area contributed by atoms with Crippen molar-refractivity contribution >= 4 is 40.9 Å². The van der Waals surface area contributed by atoms with Crippen LogP contribution in [0.2, 0.25) is 10.0 Å². The minimum atomic E-state index is -0.815. The lowest BCUT2D eigenvalue weighted by Crippen LogP contribution is -2.11. The summed E-state index contributed by atoms with van der Waals surface area (Å²) in [7, 11) is 0. The van der Waals surface area contributed by atoms with Gasteiger partial charge in [0.05, 0.1) is 10.0 Å². The van der Waals surface area contributed by atoms with E-state index >= 15 is 0 Å². The molecule has 0 spiro atoms. The summed E-state index contributed by atoms with van der Waals surface area (Å²) in [5.74, 6) is -0.815. The van der Waals surface area contributed by atoms with Crippen LogP contribution in [-0.2, 0) is 4.79 Å². The normalized spacial score (nSPS) is 17.9. The van der Waals surface area contributed by atoms with Gasteiger partial charge in [-0.05, 0) is 30.5 Å². The smallest absolute Gasteiger partial charge is 0.321 e. The summed E-state index contributed by atoms with van der Waals surface area (Å²) in [5.41, 5.74) is 0.716. The first-order valence-electron chi connectivity index (χ1n) is 5.91. The Morgan fingerprint density at radius 1 is 1.28 bits per heavy atom. The lowest BCUT2D eigenvalue weighted by atomic mass is 10.1. The van der Waals surface area contributed by atoms with Crippen LogP contribution in [0.1, 0.15) is 36.5 Å². The number of rotatable bonds is 4. The molecule has 0 radical (unpaired) electrons. The van der Waals surface area contributed by atoms with Crippen molar-refractivity contribution in [2.24, 2.45) is 0 Å². The predicted molar refractivity (Wildman–Crippen MR) is 76.7 cm³/mol. The molecule has 98 valence electrons. The van der Waals surface area contributed by atoms with Gasteiger partial charge in [-0.25, -0.2) is 0 Å². The molecule has 1 atom stereocenters. The molecule has 5 heteroatoms. The molecule has 1 saturated carbocycles. The van der Waals surface area contributed by atoms with Crippen LogP contribution in [0.5, 0.6) is 0 Å². The van der Waals surface area contributed by atoms with Gasteiger partial charge in [0.1, 0.15) is 5.25 Å². The molecule has 0 saturated heterocycles. The highest BCUT2D eigenvalue weighted by molar-refractivity contribution is 8.00. The van der Waals surface area contributed by atoms with E-state index in [0.29, 0.717) is 20.9 Å². The third kappa shape index (κ3) is 3.34. The van der Waals surface area contributed by atoms with Gasteiger partial charge in [0, 0.05) is 5.25 Å². The summed E-state index contributed by atoms with van der Waals surface area (Å²) >= 11 is 13.3. The van der Waals surface area contributed by atoms with E-state index in [1.807, 2.05) is 0 Å². The SMILES string of the molecule is O=C(O)[C@H](SC1CCCC1)c1ccc(Cl)c(Cl)c1. The molecule has 1 aliphatic rings. The molecule has 18 heavy (non-hydrogen) atoms. The van der Waals surface area contributed by atoms with Gasteiger partial charge in [-0.1, -0.05) is 42.1 Å². The van der Waals surface area contributed by atoms with Crippen LogP contribution >= 0.6 is 35.0 Å². The summed E-state index contributed by atoms with van der Waals surface area (Å²) in [6, 6.07) is 5.06. The summed E-state index contributed by atoms with van der Waals surface area (Å²) in [5, 5.41) is 10.1. The van der Waals surface area contributed by atoms with E-state index in [1.165, 1.54) is 24.6 Å². The average molecular weight is 305 g/mol. The van der Waals surface area contributed by atoms with Crippen LogP contribution in [0, 0.1) is 0 Å². The van der Waals surface area contributed by atoms with Crippen molar-refractivity contribution in [1.29, 1.82) is 0 Å². The lowest BCUT2D eigenvalue weighted by Gasteiger charge is -2.17. The van der Waals surface area contributed by atoms with E-state index in [4.69, 9.17) is 23.2 Å². The third-order valence-corrected chi connectivity index (χ3v) is 5.44. The second kappa shape index (κ2) is 6.18. The number of halogens is 2. The molecule has 0 amide bonds. The van der Waals surface area contributed by atoms with Gasteiger partial charge in [-0.3, -0.25) is 4.79 Å². The zero-order valence-corrected chi connectivity index (χ0v) is 12.1. The minimum absolute atomic E-state index is 0.410. The first kappa shape index (κ1) is 14.0. The quantitative estimate of drug-likeness (QED) is 0.868. The molecule has 0 unspecified atom stereocenters. The summed E-state index contributed by atoms with van der Waals surface area (Å²) in [6.45, 7) is 0. The molecule has 0 aromatic heterocycles. The van der Waals surface area contributed by atoms with Gasteiger partial charge in [0.15, 0.2) is 0 Å². The van der Waals surface area contributed by atoms with Crippen LogP contribution in [0.25, 0.3) is 0 Å².